The first-order valence-corrected chi connectivity index (χ1v) is 7.79. The summed E-state index contributed by atoms with van der Waals surface area (Å²) in [5, 5.41) is 0. The Morgan fingerprint density at radius 3 is 2.68 bits per heavy atom. The number of rotatable bonds is 6. The Balaban J connectivity index is 3.22. The molecular formula is C12H17FN2O2S2. The molecule has 7 heteroatoms. The summed E-state index contributed by atoms with van der Waals surface area (Å²) in [6.07, 6.45) is 1.53. The van der Waals surface area contributed by atoms with Crippen molar-refractivity contribution >= 4 is 27.2 Å². The van der Waals surface area contributed by atoms with Gasteiger partial charge in [-0.05, 0) is 25.5 Å². The largest absolute Gasteiger partial charge is 0.389 e. The van der Waals surface area contributed by atoms with Crippen LogP contribution in [0.5, 0.6) is 0 Å². The van der Waals surface area contributed by atoms with E-state index in [4.69, 9.17) is 18.0 Å². The molecule has 1 rings (SSSR count). The van der Waals surface area contributed by atoms with Crippen LogP contribution >= 0.6 is 12.2 Å². The molecule has 1 aromatic rings. The maximum absolute atomic E-state index is 13.7. The lowest BCUT2D eigenvalue weighted by atomic mass is 10.2. The van der Waals surface area contributed by atoms with Gasteiger partial charge >= 0.3 is 0 Å². The normalized spacial score (nSPS) is 13.2. The second kappa shape index (κ2) is 6.40. The highest BCUT2D eigenvalue weighted by atomic mass is 32.2. The second-order valence-corrected chi connectivity index (χ2v) is 6.41. The van der Waals surface area contributed by atoms with E-state index in [0.29, 0.717) is 6.42 Å². The molecule has 0 aliphatic carbocycles. The number of hydrogen-bond donors (Lipinski definition) is 2. The Morgan fingerprint density at radius 1 is 1.53 bits per heavy atom. The summed E-state index contributed by atoms with van der Waals surface area (Å²) in [6.45, 7) is 3.70. The monoisotopic (exact) mass is 304 g/mol. The van der Waals surface area contributed by atoms with Gasteiger partial charge in [-0.2, -0.15) is 0 Å². The number of thiocarbonyl (C=S) groups is 1. The molecule has 0 amide bonds. The predicted octanol–water partition coefficient (Wildman–Crippen LogP) is 1.93. The summed E-state index contributed by atoms with van der Waals surface area (Å²) in [4.78, 5) is -0.496. The van der Waals surface area contributed by atoms with E-state index in [2.05, 4.69) is 4.72 Å². The highest BCUT2D eigenvalue weighted by Crippen LogP contribution is 2.19. The number of hydrogen-bond acceptors (Lipinski definition) is 3. The lowest BCUT2D eigenvalue weighted by Gasteiger charge is -2.15. The van der Waals surface area contributed by atoms with Crippen molar-refractivity contribution in [2.45, 2.75) is 37.6 Å². The van der Waals surface area contributed by atoms with Crippen LogP contribution in [-0.4, -0.2) is 19.4 Å². The van der Waals surface area contributed by atoms with Gasteiger partial charge in [-0.15, -0.1) is 0 Å². The minimum atomic E-state index is -3.84. The minimum absolute atomic E-state index is 0.219. The van der Waals surface area contributed by atoms with Gasteiger partial charge < -0.3 is 5.73 Å². The van der Waals surface area contributed by atoms with E-state index >= 15 is 0 Å². The summed E-state index contributed by atoms with van der Waals surface area (Å²) in [5.74, 6) is -0.737. The van der Waals surface area contributed by atoms with Crippen LogP contribution in [0.3, 0.4) is 0 Å². The van der Waals surface area contributed by atoms with Gasteiger partial charge in [-0.3, -0.25) is 0 Å². The molecule has 0 aliphatic heterocycles. The third-order valence-corrected chi connectivity index (χ3v) is 4.43. The molecule has 1 unspecified atom stereocenters. The van der Waals surface area contributed by atoms with Crippen molar-refractivity contribution in [3.63, 3.8) is 0 Å². The standard InChI is InChI=1S/C12H17FN2O2S2/c1-3-5-8(2)15-19(16,17)10-7-4-6-9(13)11(10)12(14)18/h4,6-8,15H,3,5H2,1-2H3,(H2,14,18). The van der Waals surface area contributed by atoms with Gasteiger partial charge in [0.25, 0.3) is 0 Å². The van der Waals surface area contributed by atoms with Gasteiger partial charge in [-0.1, -0.05) is 31.6 Å². The van der Waals surface area contributed by atoms with Gasteiger partial charge in [-0.25, -0.2) is 17.5 Å². The van der Waals surface area contributed by atoms with Gasteiger partial charge in [0.2, 0.25) is 10.0 Å². The Morgan fingerprint density at radius 2 is 2.16 bits per heavy atom. The van der Waals surface area contributed by atoms with E-state index in [-0.39, 0.29) is 21.5 Å². The van der Waals surface area contributed by atoms with E-state index in [1.807, 2.05) is 6.92 Å². The van der Waals surface area contributed by atoms with Crippen molar-refractivity contribution in [1.29, 1.82) is 0 Å². The Labute approximate surface area is 118 Å². The van der Waals surface area contributed by atoms with E-state index < -0.39 is 15.8 Å². The van der Waals surface area contributed by atoms with Crippen LogP contribution in [0.1, 0.15) is 32.3 Å². The first-order valence-electron chi connectivity index (χ1n) is 5.90. The quantitative estimate of drug-likeness (QED) is 0.788. The van der Waals surface area contributed by atoms with Gasteiger partial charge in [0.1, 0.15) is 10.8 Å². The van der Waals surface area contributed by atoms with Crippen molar-refractivity contribution in [2.24, 2.45) is 5.73 Å². The molecule has 0 spiro atoms. The van der Waals surface area contributed by atoms with E-state index in [1.165, 1.54) is 12.1 Å². The molecule has 0 saturated heterocycles. The summed E-state index contributed by atoms with van der Waals surface area (Å²) >= 11 is 4.72. The fraction of sp³-hybridized carbons (Fsp3) is 0.417. The van der Waals surface area contributed by atoms with Crippen molar-refractivity contribution in [1.82, 2.24) is 4.72 Å². The molecule has 1 atom stereocenters. The van der Waals surface area contributed by atoms with Crippen LogP contribution in [0.2, 0.25) is 0 Å². The summed E-state index contributed by atoms with van der Waals surface area (Å²) in [5.41, 5.74) is 5.16. The zero-order chi connectivity index (χ0) is 14.6. The Kier molecular flexibility index (Phi) is 5.39. The van der Waals surface area contributed by atoms with E-state index in [9.17, 15) is 12.8 Å². The molecule has 4 nitrogen and oxygen atoms in total. The summed E-state index contributed by atoms with van der Waals surface area (Å²) in [6, 6.07) is 3.50. The minimum Gasteiger partial charge on any atom is -0.389 e. The third kappa shape index (κ3) is 3.95. The molecule has 19 heavy (non-hydrogen) atoms. The molecule has 0 bridgehead atoms. The van der Waals surface area contributed by atoms with Gasteiger partial charge in [0, 0.05) is 6.04 Å². The lowest BCUT2D eigenvalue weighted by Crippen LogP contribution is -2.34. The number of halogens is 1. The van der Waals surface area contributed by atoms with Crippen LogP contribution in [-0.2, 0) is 10.0 Å². The van der Waals surface area contributed by atoms with E-state index in [1.54, 1.807) is 6.92 Å². The number of sulfonamides is 1. The second-order valence-electron chi connectivity index (χ2n) is 4.29. The van der Waals surface area contributed by atoms with Crippen molar-refractivity contribution < 1.29 is 12.8 Å². The number of benzene rings is 1. The third-order valence-electron chi connectivity index (χ3n) is 2.59. The lowest BCUT2D eigenvalue weighted by molar-refractivity contribution is 0.542. The molecule has 106 valence electrons. The van der Waals surface area contributed by atoms with E-state index in [0.717, 1.165) is 12.5 Å². The highest BCUT2D eigenvalue weighted by molar-refractivity contribution is 7.89. The number of nitrogens with two attached hydrogens (primary N) is 1. The molecule has 3 N–H and O–H groups in total. The molecular weight excluding hydrogens is 287 g/mol. The topological polar surface area (TPSA) is 72.2 Å². The van der Waals surface area contributed by atoms with Crippen LogP contribution in [0, 0.1) is 5.82 Å². The molecule has 0 fully saturated rings. The Bertz CT molecular complexity index is 573. The molecule has 0 heterocycles. The van der Waals surface area contributed by atoms with Crippen LogP contribution in [0.25, 0.3) is 0 Å². The Hall–Kier alpha value is -1.05. The molecule has 0 aliphatic rings. The van der Waals surface area contributed by atoms with Crippen molar-refractivity contribution in [2.75, 3.05) is 0 Å². The first-order chi connectivity index (χ1) is 8.79. The van der Waals surface area contributed by atoms with Gasteiger partial charge in [0.05, 0.1) is 10.5 Å². The smallest absolute Gasteiger partial charge is 0.241 e. The maximum atomic E-state index is 13.7. The molecule has 0 radical (unpaired) electrons. The molecule has 0 saturated carbocycles. The first kappa shape index (κ1) is 16.0. The van der Waals surface area contributed by atoms with Crippen molar-refractivity contribution in [3.8, 4) is 0 Å². The fourth-order valence-electron chi connectivity index (χ4n) is 1.79. The molecule has 0 aromatic heterocycles. The average molecular weight is 304 g/mol. The van der Waals surface area contributed by atoms with Crippen LogP contribution in [0.15, 0.2) is 23.1 Å². The zero-order valence-electron chi connectivity index (χ0n) is 10.8. The predicted molar refractivity (Wildman–Crippen MR) is 77.0 cm³/mol. The highest BCUT2D eigenvalue weighted by Gasteiger charge is 2.23. The maximum Gasteiger partial charge on any atom is 0.241 e. The average Bonchev–Trinajstić information content (AvgIpc) is 2.27. The van der Waals surface area contributed by atoms with Gasteiger partial charge in [0.15, 0.2) is 0 Å². The fourth-order valence-corrected chi connectivity index (χ4v) is 3.57. The van der Waals surface area contributed by atoms with Crippen LogP contribution < -0.4 is 10.5 Å². The van der Waals surface area contributed by atoms with Crippen molar-refractivity contribution in [3.05, 3.63) is 29.6 Å². The molecule has 1 aromatic carbocycles. The summed E-state index contributed by atoms with van der Waals surface area (Å²) in [7, 11) is -3.84. The zero-order valence-corrected chi connectivity index (χ0v) is 12.4. The number of nitrogens with one attached hydrogen (secondary N) is 1. The summed E-state index contributed by atoms with van der Waals surface area (Å²) < 4.78 is 40.5. The van der Waals surface area contributed by atoms with Crippen LogP contribution in [0.4, 0.5) is 4.39 Å². The SMILES string of the molecule is CCCC(C)NS(=O)(=O)c1cccc(F)c1C(N)=S.